The average molecular weight is 270 g/mol. The highest BCUT2D eigenvalue weighted by Gasteiger charge is 2.17. The molecule has 19 heavy (non-hydrogen) atoms. The topological polar surface area (TPSA) is 3.24 Å². The van der Waals surface area contributed by atoms with E-state index in [9.17, 15) is 0 Å². The molecule has 0 N–H and O–H groups in total. The lowest BCUT2D eigenvalue weighted by Gasteiger charge is -2.27. The molecular weight excluding hydrogens is 230 g/mol. The Morgan fingerprint density at radius 2 is 1.32 bits per heavy atom. The second kappa shape index (κ2) is 13.0. The predicted octanol–water partition coefficient (Wildman–Crippen LogP) is 5.74. The Morgan fingerprint density at radius 1 is 0.737 bits per heavy atom. The number of nitrogens with zero attached hydrogens (tertiary/aromatic N) is 1. The van der Waals surface area contributed by atoms with Crippen LogP contribution in [-0.2, 0) is 0 Å². The highest BCUT2D eigenvalue weighted by atomic mass is 15.1. The largest absolute Gasteiger partial charge is 0.309 e. The van der Waals surface area contributed by atoms with Gasteiger partial charge in [-0.05, 0) is 32.4 Å². The van der Waals surface area contributed by atoms with E-state index in [4.69, 9.17) is 0 Å². The lowest BCUT2D eigenvalue weighted by atomic mass is 9.85. The van der Waals surface area contributed by atoms with Crippen molar-refractivity contribution in [1.82, 2.24) is 4.90 Å². The molecule has 0 saturated carbocycles. The highest BCUT2D eigenvalue weighted by molar-refractivity contribution is 4.69. The van der Waals surface area contributed by atoms with Gasteiger partial charge >= 0.3 is 0 Å². The van der Waals surface area contributed by atoms with Crippen LogP contribution in [0.4, 0.5) is 0 Å². The molecule has 1 nitrogen and oxygen atoms in total. The van der Waals surface area contributed by atoms with Gasteiger partial charge in [0.2, 0.25) is 0 Å². The van der Waals surface area contributed by atoms with Crippen LogP contribution in [-0.4, -0.2) is 25.5 Å². The first-order valence-electron chi connectivity index (χ1n) is 8.76. The molecule has 0 fully saturated rings. The minimum absolute atomic E-state index is 0.901. The van der Waals surface area contributed by atoms with Gasteiger partial charge in [-0.2, -0.15) is 0 Å². The smallest absolute Gasteiger partial charge is 0.000610 e. The van der Waals surface area contributed by atoms with E-state index in [1.54, 1.807) is 0 Å². The fourth-order valence-corrected chi connectivity index (χ4v) is 2.97. The summed E-state index contributed by atoms with van der Waals surface area (Å²) in [6.07, 6.45) is 14.2. The van der Waals surface area contributed by atoms with Crippen LogP contribution in [0, 0.1) is 11.8 Å². The van der Waals surface area contributed by atoms with Crippen LogP contribution >= 0.6 is 0 Å². The number of hydrogen-bond acceptors (Lipinski definition) is 1. The number of hydrogen-bond donors (Lipinski definition) is 0. The Kier molecular flexibility index (Phi) is 12.9. The maximum Gasteiger partial charge on any atom is 0.000610 e. The summed E-state index contributed by atoms with van der Waals surface area (Å²) in [4.78, 5) is 2.38. The third-order valence-electron chi connectivity index (χ3n) is 4.35. The van der Waals surface area contributed by atoms with Gasteiger partial charge in [0.25, 0.3) is 0 Å². The van der Waals surface area contributed by atoms with Crippen molar-refractivity contribution in [2.75, 3.05) is 20.6 Å². The van der Waals surface area contributed by atoms with E-state index in [2.05, 4.69) is 39.8 Å². The molecule has 0 heterocycles. The van der Waals surface area contributed by atoms with Crippen molar-refractivity contribution < 1.29 is 0 Å². The zero-order chi connectivity index (χ0) is 14.5. The Morgan fingerprint density at radius 3 is 1.89 bits per heavy atom. The lowest BCUT2D eigenvalue weighted by molar-refractivity contribution is 0.228. The Balaban J connectivity index is 3.85. The third-order valence-corrected chi connectivity index (χ3v) is 4.35. The lowest BCUT2D eigenvalue weighted by Crippen LogP contribution is -2.26. The molecule has 116 valence electrons. The van der Waals surface area contributed by atoms with E-state index in [0.717, 1.165) is 11.8 Å². The predicted molar refractivity (Wildman–Crippen MR) is 88.7 cm³/mol. The van der Waals surface area contributed by atoms with Crippen molar-refractivity contribution >= 4 is 0 Å². The van der Waals surface area contributed by atoms with Crippen molar-refractivity contribution in [2.45, 2.75) is 85.0 Å². The number of rotatable bonds is 13. The summed E-state index contributed by atoms with van der Waals surface area (Å²) in [5.74, 6) is 1.81. The van der Waals surface area contributed by atoms with Crippen molar-refractivity contribution in [2.24, 2.45) is 11.8 Å². The first kappa shape index (κ1) is 19.0. The summed E-state index contributed by atoms with van der Waals surface area (Å²) in [5, 5.41) is 0. The zero-order valence-corrected chi connectivity index (χ0v) is 14.4. The fourth-order valence-electron chi connectivity index (χ4n) is 2.97. The van der Waals surface area contributed by atoms with Gasteiger partial charge in [-0.1, -0.05) is 78.6 Å². The SMILES string of the molecule is CCCCCCCCC(CN(C)C)C(C)CCCC. The molecule has 0 aromatic carbocycles. The van der Waals surface area contributed by atoms with E-state index in [-0.39, 0.29) is 0 Å². The van der Waals surface area contributed by atoms with Gasteiger partial charge in [0.05, 0.1) is 0 Å². The fraction of sp³-hybridized carbons (Fsp3) is 1.00. The molecule has 2 atom stereocenters. The molecule has 0 amide bonds. The molecule has 0 saturated heterocycles. The normalized spacial score (nSPS) is 14.8. The maximum atomic E-state index is 2.47. The van der Waals surface area contributed by atoms with E-state index < -0.39 is 0 Å². The summed E-state index contributed by atoms with van der Waals surface area (Å²) in [6, 6.07) is 0. The van der Waals surface area contributed by atoms with E-state index in [1.165, 1.54) is 70.8 Å². The van der Waals surface area contributed by atoms with Gasteiger partial charge in [-0.25, -0.2) is 0 Å². The Labute approximate surface area is 123 Å². The second-order valence-corrected chi connectivity index (χ2v) is 6.70. The van der Waals surface area contributed by atoms with Crippen LogP contribution in [0.5, 0.6) is 0 Å². The third kappa shape index (κ3) is 11.5. The summed E-state index contributed by atoms with van der Waals surface area (Å²) < 4.78 is 0. The molecule has 0 rings (SSSR count). The average Bonchev–Trinajstić information content (AvgIpc) is 2.38. The van der Waals surface area contributed by atoms with Crippen LogP contribution in [0.2, 0.25) is 0 Å². The summed E-state index contributed by atoms with van der Waals surface area (Å²) in [7, 11) is 4.45. The van der Waals surface area contributed by atoms with E-state index in [0.29, 0.717) is 0 Å². The van der Waals surface area contributed by atoms with Gasteiger partial charge in [-0.15, -0.1) is 0 Å². The van der Waals surface area contributed by atoms with Crippen LogP contribution in [0.1, 0.15) is 85.0 Å². The molecule has 0 aromatic rings. The van der Waals surface area contributed by atoms with Crippen molar-refractivity contribution in [3.8, 4) is 0 Å². The van der Waals surface area contributed by atoms with Crippen LogP contribution in [0.15, 0.2) is 0 Å². The van der Waals surface area contributed by atoms with Gasteiger partial charge < -0.3 is 4.90 Å². The minimum atomic E-state index is 0.901. The highest BCUT2D eigenvalue weighted by Crippen LogP contribution is 2.24. The van der Waals surface area contributed by atoms with Crippen molar-refractivity contribution in [1.29, 1.82) is 0 Å². The van der Waals surface area contributed by atoms with Crippen LogP contribution in [0.3, 0.4) is 0 Å². The van der Waals surface area contributed by atoms with Crippen LogP contribution < -0.4 is 0 Å². The molecule has 0 radical (unpaired) electrons. The maximum absolute atomic E-state index is 2.47. The van der Waals surface area contributed by atoms with E-state index in [1.807, 2.05) is 0 Å². The first-order chi connectivity index (χ1) is 9.11. The van der Waals surface area contributed by atoms with E-state index >= 15 is 0 Å². The molecule has 0 aromatic heterocycles. The molecule has 0 aliphatic rings. The zero-order valence-electron chi connectivity index (χ0n) is 14.4. The molecule has 2 unspecified atom stereocenters. The molecule has 1 heteroatoms. The Hall–Kier alpha value is -0.0400. The van der Waals surface area contributed by atoms with Crippen molar-refractivity contribution in [3.05, 3.63) is 0 Å². The Bertz CT molecular complexity index is 177. The molecule has 0 aliphatic carbocycles. The van der Waals surface area contributed by atoms with Gasteiger partial charge in [0, 0.05) is 6.54 Å². The monoisotopic (exact) mass is 269 g/mol. The number of unbranched alkanes of at least 4 members (excludes halogenated alkanes) is 6. The van der Waals surface area contributed by atoms with Crippen LogP contribution in [0.25, 0.3) is 0 Å². The first-order valence-corrected chi connectivity index (χ1v) is 8.76. The molecule has 0 aliphatic heterocycles. The molecular formula is C18H39N. The van der Waals surface area contributed by atoms with Gasteiger partial charge in [0.15, 0.2) is 0 Å². The summed E-state index contributed by atoms with van der Waals surface area (Å²) in [5.41, 5.74) is 0. The quantitative estimate of drug-likeness (QED) is 0.385. The molecule has 0 spiro atoms. The summed E-state index contributed by atoms with van der Waals surface area (Å²) in [6.45, 7) is 8.35. The second-order valence-electron chi connectivity index (χ2n) is 6.70. The van der Waals surface area contributed by atoms with Gasteiger partial charge in [0.1, 0.15) is 0 Å². The standard InChI is InChI=1S/C18H39N/c1-6-8-10-11-12-13-15-18(16-19(4)5)17(3)14-9-7-2/h17-18H,6-16H2,1-5H3. The van der Waals surface area contributed by atoms with Crippen molar-refractivity contribution in [3.63, 3.8) is 0 Å². The minimum Gasteiger partial charge on any atom is -0.309 e. The van der Waals surface area contributed by atoms with Gasteiger partial charge in [-0.3, -0.25) is 0 Å². The summed E-state index contributed by atoms with van der Waals surface area (Å²) >= 11 is 0. The molecule has 0 bridgehead atoms.